The summed E-state index contributed by atoms with van der Waals surface area (Å²) in [6.07, 6.45) is 1.67. The Kier molecular flexibility index (Phi) is 4.62. The first kappa shape index (κ1) is 16.8. The van der Waals surface area contributed by atoms with Crippen molar-refractivity contribution in [2.75, 3.05) is 7.11 Å². The third kappa shape index (κ3) is 3.29. The van der Waals surface area contributed by atoms with Crippen LogP contribution < -0.4 is 5.32 Å². The van der Waals surface area contributed by atoms with Crippen molar-refractivity contribution < 1.29 is 19.4 Å². The predicted molar refractivity (Wildman–Crippen MR) is 92.6 cm³/mol. The molecule has 0 saturated carbocycles. The van der Waals surface area contributed by atoms with Crippen LogP contribution in [0, 0.1) is 0 Å². The van der Waals surface area contributed by atoms with Gasteiger partial charge in [0.1, 0.15) is 6.04 Å². The molecule has 1 atom stereocenters. The molecule has 0 spiro atoms. The molecule has 8 heteroatoms. The minimum atomic E-state index is -1.04. The zero-order chi connectivity index (χ0) is 18.0. The molecule has 0 bridgehead atoms. The first-order valence-corrected chi connectivity index (χ1v) is 8.26. The van der Waals surface area contributed by atoms with Gasteiger partial charge in [-0.2, -0.15) is 0 Å². The van der Waals surface area contributed by atoms with E-state index >= 15 is 0 Å². The number of hydrogen-bond acceptors (Lipinski definition) is 7. The summed E-state index contributed by atoms with van der Waals surface area (Å²) in [7, 11) is 1.30. The highest BCUT2D eigenvalue weighted by Crippen LogP contribution is 2.32. The minimum Gasteiger partial charge on any atom is -0.478 e. The molecule has 1 aliphatic rings. The molecule has 7 nitrogen and oxygen atoms in total. The van der Waals surface area contributed by atoms with Gasteiger partial charge in [-0.3, -0.25) is 4.99 Å². The largest absolute Gasteiger partial charge is 0.478 e. The summed E-state index contributed by atoms with van der Waals surface area (Å²) in [5.74, 6) is -1.02. The number of aromatic carboxylic acids is 1. The molecule has 1 aromatic heterocycles. The van der Waals surface area contributed by atoms with E-state index in [9.17, 15) is 14.7 Å². The molecule has 0 aliphatic carbocycles. The van der Waals surface area contributed by atoms with Gasteiger partial charge < -0.3 is 15.2 Å². The number of hydrogen-bond donors (Lipinski definition) is 2. The van der Waals surface area contributed by atoms with E-state index in [0.717, 1.165) is 0 Å². The van der Waals surface area contributed by atoms with Gasteiger partial charge in [-0.15, -0.1) is 11.3 Å². The minimum absolute atomic E-state index is 0.129. The van der Waals surface area contributed by atoms with E-state index in [2.05, 4.69) is 15.3 Å². The predicted octanol–water partition coefficient (Wildman–Crippen LogP) is 2.38. The molecule has 1 aliphatic heterocycles. The molecule has 2 N–H and O–H groups in total. The van der Waals surface area contributed by atoms with E-state index in [-0.39, 0.29) is 5.56 Å². The summed E-state index contributed by atoms with van der Waals surface area (Å²) in [6.45, 7) is 1.75. The maximum atomic E-state index is 12.3. The number of aliphatic imine (C=N–C) groups is 1. The van der Waals surface area contributed by atoms with Gasteiger partial charge in [-0.05, 0) is 24.6 Å². The second-order valence-electron chi connectivity index (χ2n) is 5.30. The van der Waals surface area contributed by atoms with Crippen LogP contribution in [0.15, 0.2) is 52.1 Å². The van der Waals surface area contributed by atoms with Crippen molar-refractivity contribution in [2.45, 2.75) is 13.0 Å². The van der Waals surface area contributed by atoms with Gasteiger partial charge in [0.25, 0.3) is 0 Å². The second-order valence-corrected chi connectivity index (χ2v) is 6.20. The van der Waals surface area contributed by atoms with Gasteiger partial charge in [-0.1, -0.05) is 12.1 Å². The van der Waals surface area contributed by atoms with E-state index in [4.69, 9.17) is 4.74 Å². The number of nitrogens with zero attached hydrogens (tertiary/aromatic N) is 2. The summed E-state index contributed by atoms with van der Waals surface area (Å²) >= 11 is 1.41. The molecule has 0 amide bonds. The smallest absolute Gasteiger partial charge is 0.338 e. The fourth-order valence-corrected chi connectivity index (χ4v) is 3.17. The third-order valence-corrected chi connectivity index (χ3v) is 4.51. The molecule has 2 aromatic rings. The molecular formula is C17H15N3O4S. The van der Waals surface area contributed by atoms with Crippen molar-refractivity contribution in [1.82, 2.24) is 10.3 Å². The number of carbonyl (C=O) groups excluding carboxylic acids is 1. The number of allylic oxidation sites excluding steroid dienone is 1. The Labute approximate surface area is 147 Å². The van der Waals surface area contributed by atoms with Crippen molar-refractivity contribution in [3.63, 3.8) is 0 Å². The van der Waals surface area contributed by atoms with Crippen LogP contribution in [-0.4, -0.2) is 35.0 Å². The number of benzene rings is 1. The number of esters is 1. The summed E-state index contributed by atoms with van der Waals surface area (Å²) in [5.41, 5.74) is 1.65. The zero-order valence-electron chi connectivity index (χ0n) is 13.5. The summed E-state index contributed by atoms with van der Waals surface area (Å²) < 4.78 is 4.88. The van der Waals surface area contributed by atoms with Crippen LogP contribution in [0.5, 0.6) is 0 Å². The van der Waals surface area contributed by atoms with Crippen LogP contribution in [0.3, 0.4) is 0 Å². The van der Waals surface area contributed by atoms with Crippen molar-refractivity contribution in [3.8, 4) is 0 Å². The topological polar surface area (TPSA) is 101 Å². The highest BCUT2D eigenvalue weighted by molar-refractivity contribution is 7.11. The van der Waals surface area contributed by atoms with Crippen molar-refractivity contribution in [2.24, 2.45) is 4.99 Å². The van der Waals surface area contributed by atoms with Crippen LogP contribution >= 0.6 is 11.3 Å². The van der Waals surface area contributed by atoms with Gasteiger partial charge in [-0.25, -0.2) is 14.6 Å². The van der Waals surface area contributed by atoms with Crippen molar-refractivity contribution >= 4 is 29.1 Å². The Hall–Kier alpha value is -3.00. The maximum Gasteiger partial charge on any atom is 0.338 e. The van der Waals surface area contributed by atoms with E-state index in [1.54, 1.807) is 25.3 Å². The Morgan fingerprint density at radius 1 is 1.36 bits per heavy atom. The molecule has 0 fully saturated rings. The number of thiazole rings is 1. The van der Waals surface area contributed by atoms with Crippen LogP contribution in [0.2, 0.25) is 0 Å². The first-order chi connectivity index (χ1) is 12.0. The SMILES string of the molecule is COC(=O)C1=C(C)NC(c2nccs2)=NC1c1cccc(C(=O)O)c1. The molecular weight excluding hydrogens is 342 g/mol. The number of nitrogens with one attached hydrogen (secondary N) is 1. The van der Waals surface area contributed by atoms with E-state index in [1.165, 1.54) is 30.6 Å². The highest BCUT2D eigenvalue weighted by atomic mass is 32.1. The van der Waals surface area contributed by atoms with E-state index < -0.39 is 18.0 Å². The Balaban J connectivity index is 2.12. The van der Waals surface area contributed by atoms with Gasteiger partial charge in [0.05, 0.1) is 18.2 Å². The van der Waals surface area contributed by atoms with Crippen LogP contribution in [0.4, 0.5) is 0 Å². The Bertz CT molecular complexity index is 887. The standard InChI is InChI=1S/C17H15N3O4S/c1-9-12(17(23)24-2)13(10-4-3-5-11(8-10)16(21)22)20-14(19-9)15-18-6-7-25-15/h3-8,13H,1-2H3,(H,19,20)(H,21,22). The molecule has 0 saturated heterocycles. The number of carbonyl (C=O) groups is 2. The van der Waals surface area contributed by atoms with Crippen molar-refractivity contribution in [3.05, 3.63) is 63.2 Å². The summed E-state index contributed by atoms with van der Waals surface area (Å²) in [5, 5.41) is 14.8. The van der Waals surface area contributed by atoms with Crippen LogP contribution in [0.1, 0.15) is 33.9 Å². The van der Waals surface area contributed by atoms with Gasteiger partial charge in [0, 0.05) is 17.3 Å². The summed E-state index contributed by atoms with van der Waals surface area (Å²) in [6, 6.07) is 5.70. The molecule has 3 rings (SSSR count). The zero-order valence-corrected chi connectivity index (χ0v) is 14.3. The highest BCUT2D eigenvalue weighted by Gasteiger charge is 2.31. The maximum absolute atomic E-state index is 12.3. The third-order valence-electron chi connectivity index (χ3n) is 3.73. The van der Waals surface area contributed by atoms with Crippen molar-refractivity contribution in [1.29, 1.82) is 0 Å². The lowest BCUT2D eigenvalue weighted by Crippen LogP contribution is -2.32. The molecule has 1 unspecified atom stereocenters. The normalized spacial score (nSPS) is 16.9. The molecule has 2 heterocycles. The second kappa shape index (κ2) is 6.86. The number of amidine groups is 1. The number of carboxylic acids is 1. The lowest BCUT2D eigenvalue weighted by atomic mass is 9.95. The Morgan fingerprint density at radius 2 is 2.16 bits per heavy atom. The number of carboxylic acid groups (broad SMARTS) is 1. The summed E-state index contributed by atoms with van der Waals surface area (Å²) in [4.78, 5) is 32.3. The quantitative estimate of drug-likeness (QED) is 0.815. The van der Waals surface area contributed by atoms with Crippen LogP contribution in [-0.2, 0) is 9.53 Å². The van der Waals surface area contributed by atoms with Gasteiger partial charge >= 0.3 is 11.9 Å². The van der Waals surface area contributed by atoms with Crippen LogP contribution in [0.25, 0.3) is 0 Å². The Morgan fingerprint density at radius 3 is 2.80 bits per heavy atom. The van der Waals surface area contributed by atoms with Gasteiger partial charge in [0.2, 0.25) is 0 Å². The number of rotatable bonds is 4. The first-order valence-electron chi connectivity index (χ1n) is 7.38. The molecule has 128 valence electrons. The fraction of sp³-hybridized carbons (Fsp3) is 0.176. The number of methoxy groups -OCH3 is 1. The molecule has 25 heavy (non-hydrogen) atoms. The van der Waals surface area contributed by atoms with E-state index in [0.29, 0.717) is 27.7 Å². The number of ether oxygens (including phenoxy) is 1. The molecule has 1 aromatic carbocycles. The van der Waals surface area contributed by atoms with Gasteiger partial charge in [0.15, 0.2) is 10.8 Å². The lowest BCUT2D eigenvalue weighted by Gasteiger charge is -2.25. The molecule has 0 radical (unpaired) electrons. The van der Waals surface area contributed by atoms with E-state index in [1.807, 2.05) is 5.38 Å². The monoisotopic (exact) mass is 357 g/mol. The number of aromatic nitrogens is 1. The fourth-order valence-electron chi connectivity index (χ4n) is 2.58. The average molecular weight is 357 g/mol. The lowest BCUT2D eigenvalue weighted by molar-refractivity contribution is -0.136. The average Bonchev–Trinajstić information content (AvgIpc) is 3.15.